The van der Waals surface area contributed by atoms with Crippen LogP contribution in [0.2, 0.25) is 0 Å². The zero-order chi connectivity index (χ0) is 21.4. The van der Waals surface area contributed by atoms with Crippen LogP contribution in [0.1, 0.15) is 39.0 Å². The molecule has 5 N–H and O–H groups in total. The summed E-state index contributed by atoms with van der Waals surface area (Å²) in [5.74, 6) is -0.264. The largest absolute Gasteiger partial charge is 0.339 e. The third-order valence-electron chi connectivity index (χ3n) is 3.61. The second-order valence-electron chi connectivity index (χ2n) is 6.02. The predicted octanol–water partition coefficient (Wildman–Crippen LogP) is 3.40. The van der Waals surface area contributed by atoms with E-state index in [-0.39, 0.29) is 15.9 Å². The van der Waals surface area contributed by atoms with E-state index >= 15 is 0 Å². The molecule has 0 aliphatic carbocycles. The summed E-state index contributed by atoms with van der Waals surface area (Å²) in [6.07, 6.45) is 3.07. The number of hydrogen-bond donors (Lipinski definition) is 4. The summed E-state index contributed by atoms with van der Waals surface area (Å²) in [5, 5.41) is 13.3. The first-order valence-corrected chi connectivity index (χ1v) is 11.6. The molecule has 0 aliphatic rings. The van der Waals surface area contributed by atoms with Crippen molar-refractivity contribution < 1.29 is 13.2 Å². The SMILES string of the molecule is CCCCCCC(=O)N[C@@H](NC(=S)Nc1ccc(S(N)(=O)=O)cc1)C(Cl)(Cl)Cl. The van der Waals surface area contributed by atoms with Crippen molar-refractivity contribution in [1.29, 1.82) is 0 Å². The quantitative estimate of drug-likeness (QED) is 0.183. The number of anilines is 1. The van der Waals surface area contributed by atoms with Crippen LogP contribution >= 0.6 is 47.0 Å². The van der Waals surface area contributed by atoms with Crippen molar-refractivity contribution in [1.82, 2.24) is 10.6 Å². The highest BCUT2D eigenvalue weighted by atomic mass is 35.6. The predicted molar refractivity (Wildman–Crippen MR) is 118 cm³/mol. The van der Waals surface area contributed by atoms with Gasteiger partial charge in [0.25, 0.3) is 0 Å². The smallest absolute Gasteiger partial charge is 0.238 e. The maximum absolute atomic E-state index is 12.1. The number of alkyl halides is 3. The van der Waals surface area contributed by atoms with Gasteiger partial charge in [-0.1, -0.05) is 61.0 Å². The Morgan fingerprint density at radius 1 is 1.14 bits per heavy atom. The van der Waals surface area contributed by atoms with Crippen LogP contribution in [0.5, 0.6) is 0 Å². The second-order valence-corrected chi connectivity index (χ2v) is 10.4. The van der Waals surface area contributed by atoms with Crippen LogP contribution in [0, 0.1) is 0 Å². The third-order valence-corrected chi connectivity index (χ3v) is 5.41. The van der Waals surface area contributed by atoms with E-state index in [0.717, 1.165) is 25.7 Å². The second kappa shape index (κ2) is 11.4. The van der Waals surface area contributed by atoms with E-state index < -0.39 is 20.0 Å². The molecule has 1 rings (SSSR count). The van der Waals surface area contributed by atoms with Gasteiger partial charge in [-0.25, -0.2) is 13.6 Å². The van der Waals surface area contributed by atoms with Crippen molar-refractivity contribution in [2.45, 2.75) is 53.9 Å². The fourth-order valence-electron chi connectivity index (χ4n) is 2.17. The molecule has 1 aromatic carbocycles. The summed E-state index contributed by atoms with van der Waals surface area (Å²) < 4.78 is 20.7. The van der Waals surface area contributed by atoms with Crippen LogP contribution in [0.25, 0.3) is 0 Å². The van der Waals surface area contributed by atoms with Crippen molar-refractivity contribution in [3.63, 3.8) is 0 Å². The van der Waals surface area contributed by atoms with Crippen LogP contribution < -0.4 is 21.1 Å². The van der Waals surface area contributed by atoms with E-state index in [9.17, 15) is 13.2 Å². The third kappa shape index (κ3) is 9.58. The Labute approximate surface area is 185 Å². The van der Waals surface area contributed by atoms with Crippen molar-refractivity contribution in [2.75, 3.05) is 5.32 Å². The number of primary sulfonamides is 1. The van der Waals surface area contributed by atoms with E-state index in [4.69, 9.17) is 52.2 Å². The number of halogens is 3. The molecule has 0 saturated carbocycles. The summed E-state index contributed by atoms with van der Waals surface area (Å²) in [5.41, 5.74) is 0.485. The average Bonchev–Trinajstić information content (AvgIpc) is 2.57. The molecule has 0 radical (unpaired) electrons. The average molecular weight is 490 g/mol. The zero-order valence-electron chi connectivity index (χ0n) is 15.2. The van der Waals surface area contributed by atoms with Gasteiger partial charge in [0.2, 0.25) is 19.7 Å². The molecule has 0 aromatic heterocycles. The number of carbonyl (C=O) groups is 1. The number of unbranched alkanes of at least 4 members (excludes halogenated alkanes) is 3. The number of rotatable bonds is 9. The maximum Gasteiger partial charge on any atom is 0.238 e. The van der Waals surface area contributed by atoms with E-state index in [1.807, 2.05) is 0 Å². The van der Waals surface area contributed by atoms with E-state index in [2.05, 4.69) is 22.9 Å². The monoisotopic (exact) mass is 488 g/mol. The number of thiocarbonyl (C=S) groups is 1. The summed E-state index contributed by atoms with van der Waals surface area (Å²) in [6, 6.07) is 5.60. The molecular weight excluding hydrogens is 467 g/mol. The number of amides is 1. The maximum atomic E-state index is 12.1. The minimum Gasteiger partial charge on any atom is -0.339 e. The number of hydrogen-bond acceptors (Lipinski definition) is 4. The number of carbonyl (C=O) groups excluding carboxylic acids is 1. The van der Waals surface area contributed by atoms with Crippen LogP contribution in [0.4, 0.5) is 5.69 Å². The lowest BCUT2D eigenvalue weighted by molar-refractivity contribution is -0.122. The normalized spacial score (nSPS) is 12.9. The van der Waals surface area contributed by atoms with Crippen LogP contribution in [0.15, 0.2) is 29.2 Å². The molecule has 0 saturated heterocycles. The topological polar surface area (TPSA) is 113 Å². The summed E-state index contributed by atoms with van der Waals surface area (Å²) in [7, 11) is -3.79. The van der Waals surface area contributed by atoms with Gasteiger partial charge in [0.05, 0.1) is 4.90 Å². The summed E-state index contributed by atoms with van der Waals surface area (Å²) in [4.78, 5) is 12.0. The molecule has 0 fully saturated rings. The Kier molecular flexibility index (Phi) is 10.2. The number of nitrogens with two attached hydrogens (primary N) is 1. The zero-order valence-corrected chi connectivity index (χ0v) is 19.1. The van der Waals surface area contributed by atoms with Gasteiger partial charge in [0.15, 0.2) is 5.11 Å². The van der Waals surface area contributed by atoms with E-state index in [0.29, 0.717) is 12.1 Å². The summed E-state index contributed by atoms with van der Waals surface area (Å²) in [6.45, 7) is 2.08. The molecule has 12 heteroatoms. The van der Waals surface area contributed by atoms with Crippen LogP contribution in [0.3, 0.4) is 0 Å². The van der Waals surface area contributed by atoms with Crippen LogP contribution in [-0.2, 0) is 14.8 Å². The Balaban J connectivity index is 2.66. The van der Waals surface area contributed by atoms with Gasteiger partial charge in [-0.15, -0.1) is 0 Å². The standard InChI is InChI=1S/C16H23Cl3N4O3S2/c1-2-3-4-5-6-13(24)22-14(16(17,18)19)23-15(27)21-11-7-9-12(10-8-11)28(20,25)26/h7-10,14H,2-6H2,1H3,(H,22,24)(H2,20,25,26)(H2,21,23,27)/t14-/m0/s1. The lowest BCUT2D eigenvalue weighted by Crippen LogP contribution is -2.56. The van der Waals surface area contributed by atoms with E-state index in [1.54, 1.807) is 0 Å². The number of benzene rings is 1. The van der Waals surface area contributed by atoms with Gasteiger partial charge < -0.3 is 16.0 Å². The Bertz CT molecular complexity index is 768. The number of nitrogens with one attached hydrogen (secondary N) is 3. The van der Waals surface area contributed by atoms with Gasteiger partial charge in [-0.05, 0) is 42.9 Å². The van der Waals surface area contributed by atoms with E-state index in [1.165, 1.54) is 24.3 Å². The van der Waals surface area contributed by atoms with Gasteiger partial charge in [0, 0.05) is 12.1 Å². The van der Waals surface area contributed by atoms with Gasteiger partial charge >= 0.3 is 0 Å². The highest BCUT2D eigenvalue weighted by molar-refractivity contribution is 7.89. The van der Waals surface area contributed by atoms with Gasteiger partial charge in [-0.3, -0.25) is 4.79 Å². The Morgan fingerprint density at radius 2 is 1.75 bits per heavy atom. The molecule has 28 heavy (non-hydrogen) atoms. The highest BCUT2D eigenvalue weighted by Gasteiger charge is 2.34. The molecule has 1 aromatic rings. The fraction of sp³-hybridized carbons (Fsp3) is 0.500. The first kappa shape index (κ1) is 25.2. The van der Waals surface area contributed by atoms with Crippen LogP contribution in [-0.4, -0.2) is 29.4 Å². The Morgan fingerprint density at radius 3 is 2.25 bits per heavy atom. The molecule has 1 atom stereocenters. The molecule has 1 amide bonds. The van der Waals surface area contributed by atoms with Crippen molar-refractivity contribution in [3.8, 4) is 0 Å². The highest BCUT2D eigenvalue weighted by Crippen LogP contribution is 2.29. The molecule has 7 nitrogen and oxygen atoms in total. The fourth-order valence-corrected chi connectivity index (χ4v) is 3.25. The van der Waals surface area contributed by atoms with Crippen molar-refractivity contribution in [2.24, 2.45) is 5.14 Å². The van der Waals surface area contributed by atoms with Gasteiger partial charge in [0.1, 0.15) is 6.17 Å². The first-order chi connectivity index (χ1) is 12.9. The minimum atomic E-state index is -3.79. The van der Waals surface area contributed by atoms with Crippen molar-refractivity contribution >= 4 is 73.8 Å². The summed E-state index contributed by atoms with van der Waals surface area (Å²) >= 11 is 23.0. The molecular formula is C16H23Cl3N4O3S2. The Hall–Kier alpha value is -0.840. The molecule has 0 aliphatic heterocycles. The first-order valence-electron chi connectivity index (χ1n) is 8.50. The molecule has 158 valence electrons. The molecule has 0 unspecified atom stereocenters. The lowest BCUT2D eigenvalue weighted by atomic mass is 10.1. The van der Waals surface area contributed by atoms with Gasteiger partial charge in [-0.2, -0.15) is 0 Å². The molecule has 0 spiro atoms. The minimum absolute atomic E-state index is 0.0357. The van der Waals surface area contributed by atoms with Crippen molar-refractivity contribution in [3.05, 3.63) is 24.3 Å². The number of sulfonamides is 1. The molecule has 0 bridgehead atoms. The molecule has 0 heterocycles. The lowest BCUT2D eigenvalue weighted by Gasteiger charge is -2.27.